The Hall–Kier alpha value is -0.0500. The first kappa shape index (κ1) is 12.0. The zero-order valence-corrected chi connectivity index (χ0v) is 8.00. The van der Waals surface area contributed by atoms with Crippen molar-refractivity contribution >= 4 is 7.82 Å². The van der Waals surface area contributed by atoms with Crippen LogP contribution >= 0.6 is 7.82 Å². The Balaban J connectivity index is 2.44. The molecule has 8 nitrogen and oxygen atoms in total. The molecule has 1 aliphatic rings. The Labute approximate surface area is 79.5 Å². The molecule has 1 saturated heterocycles. The average Bonchev–Trinajstić information content (AvgIpc) is 2.28. The monoisotopic (exact) mass is 228 g/mol. The number of hydrogen-bond acceptors (Lipinski definition) is 7. The summed E-state index contributed by atoms with van der Waals surface area (Å²) in [5.41, 5.74) is 3.35. The fourth-order valence-corrected chi connectivity index (χ4v) is 1.46. The van der Waals surface area contributed by atoms with Gasteiger partial charge in [-0.3, -0.25) is 0 Å². The first-order chi connectivity index (χ1) is 6.31. The molecule has 0 aliphatic carbocycles. The zero-order valence-electron chi connectivity index (χ0n) is 7.11. The van der Waals surface area contributed by atoms with Crippen molar-refractivity contribution in [2.45, 2.75) is 24.5 Å². The lowest BCUT2D eigenvalue weighted by Crippen LogP contribution is -2.66. The van der Waals surface area contributed by atoms with Crippen LogP contribution in [0.3, 0.4) is 0 Å². The molecule has 1 heterocycles. The maximum Gasteiger partial charge on any atom is 0.218 e. The van der Waals surface area contributed by atoms with Crippen LogP contribution < -0.4 is 15.5 Å². The minimum atomic E-state index is -5.08. The lowest BCUT2D eigenvalue weighted by Gasteiger charge is -2.30. The Kier molecular flexibility index (Phi) is 3.62. The molecule has 0 aromatic heterocycles. The number of phosphoric acid groups is 1. The van der Waals surface area contributed by atoms with Crippen molar-refractivity contribution in [3.05, 3.63) is 0 Å². The molecular weight excluding hydrogens is 217 g/mol. The molecule has 0 amide bonds. The molecule has 0 aromatic rings. The lowest BCUT2D eigenvalue weighted by molar-refractivity contribution is -0.498. The minimum absolute atomic E-state index is 0.617. The average molecular weight is 228 g/mol. The van der Waals surface area contributed by atoms with Crippen LogP contribution in [0.4, 0.5) is 0 Å². The smallest absolute Gasteiger partial charge is 0.218 e. The van der Waals surface area contributed by atoms with Crippen LogP contribution in [-0.2, 0) is 13.8 Å². The molecule has 14 heavy (non-hydrogen) atoms. The van der Waals surface area contributed by atoms with Gasteiger partial charge in [-0.1, -0.05) is 0 Å². The molecule has 0 aromatic carbocycles. The van der Waals surface area contributed by atoms with Crippen LogP contribution in [0.5, 0.6) is 0 Å². The summed E-state index contributed by atoms with van der Waals surface area (Å²) >= 11 is 0. The van der Waals surface area contributed by atoms with Crippen LogP contribution in [0.25, 0.3) is 0 Å². The maximum atomic E-state index is 10.1. The van der Waals surface area contributed by atoms with Crippen molar-refractivity contribution in [1.82, 2.24) is 0 Å². The van der Waals surface area contributed by atoms with Crippen LogP contribution in [0.1, 0.15) is 0 Å². The number of quaternary nitrogens is 1. The predicted octanol–water partition coefficient (Wildman–Crippen LogP) is -4.48. The second-order valence-corrected chi connectivity index (χ2v) is 4.09. The summed E-state index contributed by atoms with van der Waals surface area (Å²) in [6.45, 7) is -0.617. The van der Waals surface area contributed by atoms with E-state index in [1.165, 1.54) is 0 Å². The highest BCUT2D eigenvalue weighted by molar-refractivity contribution is 7.43. The number of ether oxygens (including phenoxy) is 1. The Morgan fingerprint density at radius 2 is 2.00 bits per heavy atom. The molecule has 84 valence electrons. The molecule has 0 radical (unpaired) electrons. The summed E-state index contributed by atoms with van der Waals surface area (Å²) in [4.78, 5) is 20.2. The predicted molar refractivity (Wildman–Crippen MR) is 37.1 cm³/mol. The highest BCUT2D eigenvalue weighted by Crippen LogP contribution is 2.27. The molecule has 0 bridgehead atoms. The standard InChI is InChI=1S/C5H12NO7P/c6-5-4(8)3(7)2(13-5)1-12-14(9,10)11/h2-5,7-8H,1,6H2,(H2,9,10,11)/p-1/t2-,3-,4-,5?/m1/s1. The van der Waals surface area contributed by atoms with Crippen molar-refractivity contribution in [3.8, 4) is 0 Å². The number of rotatable bonds is 3. The number of aliphatic hydroxyl groups is 2. The Bertz CT molecular complexity index is 242. The van der Waals surface area contributed by atoms with Gasteiger partial charge in [0.05, 0.1) is 14.4 Å². The summed E-state index contributed by atoms with van der Waals surface area (Å²) in [5.74, 6) is 0. The van der Waals surface area contributed by atoms with Crippen molar-refractivity contribution in [1.29, 1.82) is 0 Å². The van der Waals surface area contributed by atoms with Gasteiger partial charge in [-0.25, -0.2) is 0 Å². The van der Waals surface area contributed by atoms with Gasteiger partial charge in [0.15, 0.2) is 6.10 Å². The summed E-state index contributed by atoms with van der Waals surface area (Å²) in [5, 5.41) is 18.4. The van der Waals surface area contributed by atoms with E-state index in [4.69, 9.17) is 9.84 Å². The first-order valence-corrected chi connectivity index (χ1v) is 5.28. The SMILES string of the molecule is [NH3+]C1O[C@H](COP(=O)([O-])[O-])[C@@H](O)[C@H]1O. The van der Waals surface area contributed by atoms with Gasteiger partial charge in [0.1, 0.15) is 12.2 Å². The molecule has 1 aliphatic heterocycles. The molecule has 1 rings (SSSR count). The topological polar surface area (TPSA) is 150 Å². The fourth-order valence-electron chi connectivity index (χ4n) is 1.13. The Morgan fingerprint density at radius 1 is 1.43 bits per heavy atom. The quantitative estimate of drug-likeness (QED) is 0.412. The van der Waals surface area contributed by atoms with Gasteiger partial charge in [-0.2, -0.15) is 0 Å². The molecule has 9 heteroatoms. The number of hydrogen-bond donors (Lipinski definition) is 3. The van der Waals surface area contributed by atoms with Crippen molar-refractivity contribution < 1.29 is 39.6 Å². The van der Waals surface area contributed by atoms with E-state index in [-0.39, 0.29) is 0 Å². The zero-order chi connectivity index (χ0) is 10.9. The second kappa shape index (κ2) is 4.21. The largest absolute Gasteiger partial charge is 0.790 e. The van der Waals surface area contributed by atoms with E-state index in [2.05, 4.69) is 10.3 Å². The van der Waals surface area contributed by atoms with Crippen molar-refractivity contribution in [3.63, 3.8) is 0 Å². The van der Waals surface area contributed by atoms with E-state index in [9.17, 15) is 19.5 Å². The van der Waals surface area contributed by atoms with Gasteiger partial charge in [0.2, 0.25) is 6.23 Å². The second-order valence-electron chi connectivity index (χ2n) is 2.94. The maximum absolute atomic E-state index is 10.1. The van der Waals surface area contributed by atoms with Crippen molar-refractivity contribution in [2.75, 3.05) is 6.61 Å². The third-order valence-corrected chi connectivity index (χ3v) is 2.32. The van der Waals surface area contributed by atoms with Gasteiger partial charge in [0.25, 0.3) is 0 Å². The van der Waals surface area contributed by atoms with E-state index in [0.29, 0.717) is 0 Å². The third-order valence-electron chi connectivity index (χ3n) is 1.86. The first-order valence-electron chi connectivity index (χ1n) is 3.82. The van der Waals surface area contributed by atoms with Gasteiger partial charge in [0, 0.05) is 0 Å². The summed E-state index contributed by atoms with van der Waals surface area (Å²) < 4.78 is 18.8. The van der Waals surface area contributed by atoms with E-state index >= 15 is 0 Å². The molecule has 1 unspecified atom stereocenters. The Morgan fingerprint density at radius 3 is 2.36 bits per heavy atom. The highest BCUT2D eigenvalue weighted by atomic mass is 31.2. The number of aliphatic hydroxyl groups excluding tert-OH is 2. The molecule has 4 atom stereocenters. The normalized spacial score (nSPS) is 38.9. The van der Waals surface area contributed by atoms with Crippen LogP contribution in [0, 0.1) is 0 Å². The summed E-state index contributed by atoms with van der Waals surface area (Å²) in [6, 6.07) is 0. The van der Waals surface area contributed by atoms with Gasteiger partial charge in [-0.05, 0) is 0 Å². The van der Waals surface area contributed by atoms with Crippen LogP contribution in [-0.4, -0.2) is 41.4 Å². The van der Waals surface area contributed by atoms with Crippen molar-refractivity contribution in [2.24, 2.45) is 0 Å². The summed E-state index contributed by atoms with van der Waals surface area (Å²) in [7, 11) is -5.08. The van der Waals surface area contributed by atoms with E-state index in [1.807, 2.05) is 0 Å². The van der Waals surface area contributed by atoms with Crippen LogP contribution in [0.15, 0.2) is 0 Å². The highest BCUT2D eigenvalue weighted by Gasteiger charge is 2.43. The van der Waals surface area contributed by atoms with Gasteiger partial charge >= 0.3 is 0 Å². The summed E-state index contributed by atoms with van der Waals surface area (Å²) in [6.07, 6.45) is -4.43. The van der Waals surface area contributed by atoms with E-state index in [0.717, 1.165) is 0 Å². The minimum Gasteiger partial charge on any atom is -0.790 e. The molecule has 0 saturated carbocycles. The van der Waals surface area contributed by atoms with E-state index < -0.39 is 39.0 Å². The van der Waals surface area contributed by atoms with Gasteiger partial charge in [-0.15, -0.1) is 0 Å². The fraction of sp³-hybridized carbons (Fsp3) is 1.00. The third kappa shape index (κ3) is 2.97. The van der Waals surface area contributed by atoms with Gasteiger partial charge < -0.3 is 39.6 Å². The molecular formula is C5H11NO7P-. The van der Waals surface area contributed by atoms with E-state index in [1.54, 1.807) is 0 Å². The molecule has 1 fully saturated rings. The van der Waals surface area contributed by atoms with Crippen LogP contribution in [0.2, 0.25) is 0 Å². The molecule has 0 spiro atoms. The molecule has 5 N–H and O–H groups in total. The number of phosphoric ester groups is 1. The lowest BCUT2D eigenvalue weighted by atomic mass is 10.1.